The Morgan fingerprint density at radius 3 is 2.69 bits per heavy atom. The molecule has 0 aliphatic carbocycles. The number of carboxylic acid groups (broad SMARTS) is 1. The van der Waals surface area contributed by atoms with Crippen molar-refractivity contribution in [3.05, 3.63) is 46.6 Å². The molecule has 0 fully saturated rings. The fourth-order valence-corrected chi connectivity index (χ4v) is 3.83. The molecule has 134 valence electrons. The van der Waals surface area contributed by atoms with Crippen molar-refractivity contribution in [2.45, 2.75) is 26.1 Å². The molecule has 0 spiro atoms. The predicted octanol–water partition coefficient (Wildman–Crippen LogP) is 1.84. The summed E-state index contributed by atoms with van der Waals surface area (Å²) in [6.45, 7) is 1.93. The SMILES string of the molecule is Cc1nnc2n1CC(C(=O)O)N(C(=O)c1c(Cl)c3ccccc3n1C)C2. The largest absolute Gasteiger partial charge is 0.480 e. The Morgan fingerprint density at radius 1 is 1.27 bits per heavy atom. The van der Waals surface area contributed by atoms with Gasteiger partial charge in [0.2, 0.25) is 0 Å². The number of amides is 1. The smallest absolute Gasteiger partial charge is 0.328 e. The van der Waals surface area contributed by atoms with Gasteiger partial charge in [-0.25, -0.2) is 4.79 Å². The summed E-state index contributed by atoms with van der Waals surface area (Å²) >= 11 is 6.46. The first-order valence-corrected chi connectivity index (χ1v) is 8.43. The van der Waals surface area contributed by atoms with Gasteiger partial charge in [-0.1, -0.05) is 29.8 Å². The summed E-state index contributed by atoms with van der Waals surface area (Å²) in [4.78, 5) is 26.3. The number of aryl methyl sites for hydroxylation is 2. The summed E-state index contributed by atoms with van der Waals surface area (Å²) in [5.74, 6) is -0.329. The molecule has 1 aliphatic rings. The van der Waals surface area contributed by atoms with Crippen molar-refractivity contribution in [1.82, 2.24) is 24.2 Å². The Bertz CT molecular complexity index is 1020. The molecule has 1 amide bonds. The summed E-state index contributed by atoms with van der Waals surface area (Å²) in [6.07, 6.45) is 0. The topological polar surface area (TPSA) is 93.2 Å². The minimum absolute atomic E-state index is 0.0640. The van der Waals surface area contributed by atoms with Crippen LogP contribution in [0.4, 0.5) is 0 Å². The Kier molecular flexibility index (Phi) is 3.73. The van der Waals surface area contributed by atoms with Crippen molar-refractivity contribution in [1.29, 1.82) is 0 Å². The highest BCUT2D eigenvalue weighted by molar-refractivity contribution is 6.38. The van der Waals surface area contributed by atoms with Crippen molar-refractivity contribution in [2.75, 3.05) is 0 Å². The lowest BCUT2D eigenvalue weighted by Gasteiger charge is -2.33. The van der Waals surface area contributed by atoms with Crippen LogP contribution in [-0.4, -0.2) is 47.3 Å². The molecule has 4 rings (SSSR count). The number of carboxylic acids is 1. The van der Waals surface area contributed by atoms with E-state index >= 15 is 0 Å². The zero-order chi connectivity index (χ0) is 18.6. The number of halogens is 1. The second-order valence-electron chi connectivity index (χ2n) is 6.30. The minimum Gasteiger partial charge on any atom is -0.480 e. The molecule has 2 aromatic heterocycles. The molecule has 3 heterocycles. The van der Waals surface area contributed by atoms with Crippen LogP contribution in [0.25, 0.3) is 10.9 Å². The molecule has 1 aliphatic heterocycles. The summed E-state index contributed by atoms with van der Waals surface area (Å²) in [5, 5.41) is 18.8. The highest BCUT2D eigenvalue weighted by Gasteiger charge is 2.38. The molecular weight excluding hydrogens is 358 g/mol. The maximum atomic E-state index is 13.2. The number of carbonyl (C=O) groups is 2. The van der Waals surface area contributed by atoms with Crippen molar-refractivity contribution < 1.29 is 14.7 Å². The first-order valence-electron chi connectivity index (χ1n) is 8.05. The van der Waals surface area contributed by atoms with E-state index in [4.69, 9.17) is 11.6 Å². The lowest BCUT2D eigenvalue weighted by Crippen LogP contribution is -2.51. The number of hydrogen-bond acceptors (Lipinski definition) is 4. The molecule has 1 aromatic carbocycles. The highest BCUT2D eigenvalue weighted by Crippen LogP contribution is 2.32. The van der Waals surface area contributed by atoms with E-state index in [9.17, 15) is 14.7 Å². The third kappa shape index (κ3) is 2.29. The van der Waals surface area contributed by atoms with Gasteiger partial charge in [-0.2, -0.15) is 0 Å². The minimum atomic E-state index is -1.08. The average molecular weight is 374 g/mol. The maximum Gasteiger partial charge on any atom is 0.328 e. The van der Waals surface area contributed by atoms with Gasteiger partial charge in [0.05, 0.1) is 18.1 Å². The van der Waals surface area contributed by atoms with Crippen molar-refractivity contribution >= 4 is 34.4 Å². The molecule has 1 N–H and O–H groups in total. The van der Waals surface area contributed by atoms with Gasteiger partial charge in [0.1, 0.15) is 17.6 Å². The number of carbonyl (C=O) groups excluding carboxylic acids is 1. The summed E-state index contributed by atoms with van der Waals surface area (Å²) in [5.41, 5.74) is 1.08. The van der Waals surface area contributed by atoms with Gasteiger partial charge in [0, 0.05) is 18.0 Å². The third-order valence-corrected chi connectivity index (χ3v) is 5.23. The fraction of sp³-hybridized carbons (Fsp3) is 0.294. The van der Waals surface area contributed by atoms with Crippen LogP contribution in [0.3, 0.4) is 0 Å². The highest BCUT2D eigenvalue weighted by atomic mass is 35.5. The zero-order valence-corrected chi connectivity index (χ0v) is 14.9. The van der Waals surface area contributed by atoms with Crippen LogP contribution in [0.2, 0.25) is 5.02 Å². The zero-order valence-electron chi connectivity index (χ0n) is 14.2. The Hall–Kier alpha value is -2.87. The third-order valence-electron chi connectivity index (χ3n) is 4.85. The molecule has 0 radical (unpaired) electrons. The number of rotatable bonds is 2. The number of hydrogen-bond donors (Lipinski definition) is 1. The number of nitrogens with zero attached hydrogens (tertiary/aromatic N) is 5. The molecule has 1 unspecified atom stereocenters. The summed E-state index contributed by atoms with van der Waals surface area (Å²) in [6, 6.07) is 6.38. The van der Waals surface area contributed by atoms with E-state index in [1.165, 1.54) is 4.90 Å². The first kappa shape index (κ1) is 16.6. The van der Waals surface area contributed by atoms with Crippen molar-refractivity contribution in [2.24, 2.45) is 7.05 Å². The van der Waals surface area contributed by atoms with E-state index in [1.807, 2.05) is 24.3 Å². The van der Waals surface area contributed by atoms with Gasteiger partial charge in [0.15, 0.2) is 5.82 Å². The molecule has 3 aromatic rings. The molecule has 0 bridgehead atoms. The number of aliphatic carboxylic acids is 1. The lowest BCUT2D eigenvalue weighted by atomic mass is 10.1. The van der Waals surface area contributed by atoms with Gasteiger partial charge in [-0.3, -0.25) is 4.79 Å². The number of benzene rings is 1. The molecule has 9 heteroatoms. The van der Waals surface area contributed by atoms with Crippen LogP contribution in [0, 0.1) is 6.92 Å². The Balaban J connectivity index is 1.81. The standard InChI is InChI=1S/C17H16ClN5O3/c1-9-19-20-13-8-23(12(17(25)26)7-22(9)13)16(24)15-14(18)10-5-3-4-6-11(10)21(15)2/h3-6,12H,7-8H2,1-2H3,(H,25,26). The van der Waals surface area contributed by atoms with Gasteiger partial charge in [-0.05, 0) is 13.0 Å². The van der Waals surface area contributed by atoms with E-state index in [0.717, 1.165) is 10.9 Å². The van der Waals surface area contributed by atoms with Crippen molar-refractivity contribution in [3.63, 3.8) is 0 Å². The van der Waals surface area contributed by atoms with Crippen LogP contribution in [0.5, 0.6) is 0 Å². The fourth-order valence-electron chi connectivity index (χ4n) is 3.46. The lowest BCUT2D eigenvalue weighted by molar-refractivity contribution is -0.143. The van der Waals surface area contributed by atoms with E-state index in [2.05, 4.69) is 10.2 Å². The Morgan fingerprint density at radius 2 is 2.00 bits per heavy atom. The van der Waals surface area contributed by atoms with E-state index in [0.29, 0.717) is 16.7 Å². The van der Waals surface area contributed by atoms with Gasteiger partial charge in [-0.15, -0.1) is 10.2 Å². The molecule has 8 nitrogen and oxygen atoms in total. The summed E-state index contributed by atoms with van der Waals surface area (Å²) < 4.78 is 3.43. The van der Waals surface area contributed by atoms with Crippen LogP contribution in [0.15, 0.2) is 24.3 Å². The number of para-hydroxylation sites is 1. The van der Waals surface area contributed by atoms with Crippen molar-refractivity contribution in [3.8, 4) is 0 Å². The number of aromatic nitrogens is 4. The van der Waals surface area contributed by atoms with Crippen LogP contribution >= 0.6 is 11.6 Å². The van der Waals surface area contributed by atoms with E-state index < -0.39 is 17.9 Å². The second-order valence-corrected chi connectivity index (χ2v) is 6.68. The van der Waals surface area contributed by atoms with Crippen LogP contribution in [-0.2, 0) is 24.9 Å². The quantitative estimate of drug-likeness (QED) is 0.739. The van der Waals surface area contributed by atoms with E-state index in [1.54, 1.807) is 23.1 Å². The second kappa shape index (κ2) is 5.84. The summed E-state index contributed by atoms with van der Waals surface area (Å²) in [7, 11) is 1.74. The maximum absolute atomic E-state index is 13.2. The Labute approximate surface area is 153 Å². The molecule has 1 atom stereocenters. The average Bonchev–Trinajstić information content (AvgIpc) is 3.12. The monoisotopic (exact) mass is 373 g/mol. The number of fused-ring (bicyclic) bond motifs is 2. The predicted molar refractivity (Wildman–Crippen MR) is 94.0 cm³/mol. The molecule has 26 heavy (non-hydrogen) atoms. The van der Waals surface area contributed by atoms with E-state index in [-0.39, 0.29) is 18.8 Å². The normalized spacial score (nSPS) is 16.7. The molecule has 0 saturated heterocycles. The molecular formula is C17H16ClN5O3. The van der Waals surface area contributed by atoms with Gasteiger partial charge >= 0.3 is 5.97 Å². The first-order chi connectivity index (χ1) is 12.4. The van der Waals surface area contributed by atoms with Gasteiger partial charge < -0.3 is 19.1 Å². The van der Waals surface area contributed by atoms with Crippen LogP contribution < -0.4 is 0 Å². The molecule has 0 saturated carbocycles. The van der Waals surface area contributed by atoms with Gasteiger partial charge in [0.25, 0.3) is 5.91 Å². The van der Waals surface area contributed by atoms with Crippen LogP contribution in [0.1, 0.15) is 22.1 Å².